The maximum atomic E-state index is 13.8. The van der Waals surface area contributed by atoms with E-state index < -0.39 is 6.17 Å². The maximum Gasteiger partial charge on any atom is 0.227 e. The second-order valence-electron chi connectivity index (χ2n) is 4.41. The highest BCUT2D eigenvalue weighted by molar-refractivity contribution is 5.90. The Kier molecular flexibility index (Phi) is 4.67. The van der Waals surface area contributed by atoms with Crippen molar-refractivity contribution in [2.75, 3.05) is 5.32 Å². The SMILES string of the molecule is O=C(C[C@@H](F)Cc1ccccc1)Nc1ccccc1. The second kappa shape index (κ2) is 6.69. The monoisotopic (exact) mass is 257 g/mol. The first-order valence-electron chi connectivity index (χ1n) is 6.27. The molecule has 0 spiro atoms. The van der Waals surface area contributed by atoms with Gasteiger partial charge in [0.25, 0.3) is 0 Å². The van der Waals surface area contributed by atoms with Crippen LogP contribution in [0.15, 0.2) is 60.7 Å². The molecular weight excluding hydrogens is 241 g/mol. The van der Waals surface area contributed by atoms with Crippen molar-refractivity contribution in [1.29, 1.82) is 0 Å². The van der Waals surface area contributed by atoms with E-state index in [0.717, 1.165) is 5.56 Å². The first-order valence-corrected chi connectivity index (χ1v) is 6.27. The van der Waals surface area contributed by atoms with Gasteiger partial charge in [-0.25, -0.2) is 4.39 Å². The summed E-state index contributed by atoms with van der Waals surface area (Å²) in [7, 11) is 0. The van der Waals surface area contributed by atoms with E-state index in [1.807, 2.05) is 48.5 Å². The van der Waals surface area contributed by atoms with Crippen molar-refractivity contribution in [3.8, 4) is 0 Å². The summed E-state index contributed by atoms with van der Waals surface area (Å²) >= 11 is 0. The van der Waals surface area contributed by atoms with Crippen LogP contribution in [0, 0.1) is 0 Å². The number of anilines is 1. The largest absolute Gasteiger partial charge is 0.326 e. The van der Waals surface area contributed by atoms with Gasteiger partial charge in [-0.2, -0.15) is 0 Å². The number of nitrogens with one attached hydrogen (secondary N) is 1. The molecule has 0 aliphatic rings. The van der Waals surface area contributed by atoms with Crippen LogP contribution in [0.4, 0.5) is 10.1 Å². The molecule has 2 nitrogen and oxygen atoms in total. The van der Waals surface area contributed by atoms with Gasteiger partial charge in [0.2, 0.25) is 5.91 Å². The molecule has 0 fully saturated rings. The van der Waals surface area contributed by atoms with E-state index >= 15 is 0 Å². The van der Waals surface area contributed by atoms with Crippen LogP contribution in [-0.4, -0.2) is 12.1 Å². The number of halogens is 1. The van der Waals surface area contributed by atoms with Gasteiger partial charge in [-0.15, -0.1) is 0 Å². The molecule has 0 aromatic heterocycles. The quantitative estimate of drug-likeness (QED) is 0.871. The number of hydrogen-bond acceptors (Lipinski definition) is 1. The third-order valence-electron chi connectivity index (χ3n) is 2.76. The highest BCUT2D eigenvalue weighted by Gasteiger charge is 2.13. The van der Waals surface area contributed by atoms with Crippen LogP contribution in [0.1, 0.15) is 12.0 Å². The number of amides is 1. The zero-order valence-corrected chi connectivity index (χ0v) is 10.6. The molecule has 3 heteroatoms. The third kappa shape index (κ3) is 4.54. The third-order valence-corrected chi connectivity index (χ3v) is 2.76. The maximum absolute atomic E-state index is 13.8. The molecular formula is C16H16FNO. The zero-order chi connectivity index (χ0) is 13.5. The number of para-hydroxylation sites is 1. The minimum Gasteiger partial charge on any atom is -0.326 e. The van der Waals surface area contributed by atoms with Crippen LogP contribution in [0.2, 0.25) is 0 Å². The van der Waals surface area contributed by atoms with Crippen LogP contribution in [0.3, 0.4) is 0 Å². The smallest absolute Gasteiger partial charge is 0.227 e. The zero-order valence-electron chi connectivity index (χ0n) is 10.6. The number of rotatable bonds is 5. The molecule has 2 rings (SSSR count). The Hall–Kier alpha value is -2.16. The van der Waals surface area contributed by atoms with E-state index in [2.05, 4.69) is 5.32 Å². The molecule has 0 radical (unpaired) electrons. The van der Waals surface area contributed by atoms with Crippen molar-refractivity contribution >= 4 is 11.6 Å². The summed E-state index contributed by atoms with van der Waals surface area (Å²) in [6, 6.07) is 18.4. The highest BCUT2D eigenvalue weighted by Crippen LogP contribution is 2.11. The molecule has 1 N–H and O–H groups in total. The summed E-state index contributed by atoms with van der Waals surface area (Å²) in [4.78, 5) is 11.7. The standard InChI is InChI=1S/C16H16FNO/c17-14(11-13-7-3-1-4-8-13)12-16(19)18-15-9-5-2-6-10-15/h1-10,14H,11-12H2,(H,18,19)/t14-/m0/s1. The second-order valence-corrected chi connectivity index (χ2v) is 4.41. The van der Waals surface area contributed by atoms with Gasteiger partial charge in [-0.3, -0.25) is 4.79 Å². The highest BCUT2D eigenvalue weighted by atomic mass is 19.1. The number of hydrogen-bond donors (Lipinski definition) is 1. The fourth-order valence-corrected chi connectivity index (χ4v) is 1.88. The average molecular weight is 257 g/mol. The number of carbonyl (C=O) groups excluding carboxylic acids is 1. The summed E-state index contributed by atoms with van der Waals surface area (Å²) in [5.74, 6) is -0.297. The Balaban J connectivity index is 1.82. The first kappa shape index (κ1) is 13.3. The van der Waals surface area contributed by atoms with Gasteiger partial charge < -0.3 is 5.32 Å². The summed E-state index contributed by atoms with van der Waals surface area (Å²) in [5, 5.41) is 2.68. The Bertz CT molecular complexity index is 513. The van der Waals surface area contributed by atoms with Crippen LogP contribution < -0.4 is 5.32 Å². The lowest BCUT2D eigenvalue weighted by Crippen LogP contribution is -2.18. The Morgan fingerprint density at radius 2 is 1.58 bits per heavy atom. The lowest BCUT2D eigenvalue weighted by Gasteiger charge is -2.09. The molecule has 1 amide bonds. The lowest BCUT2D eigenvalue weighted by molar-refractivity contribution is -0.117. The van der Waals surface area contributed by atoms with Crippen LogP contribution in [0.5, 0.6) is 0 Å². The summed E-state index contributed by atoms with van der Waals surface area (Å²) < 4.78 is 13.8. The Morgan fingerprint density at radius 3 is 2.21 bits per heavy atom. The first-order chi connectivity index (χ1) is 9.24. The number of carbonyl (C=O) groups is 1. The van der Waals surface area contributed by atoms with Crippen molar-refractivity contribution in [1.82, 2.24) is 0 Å². The minimum absolute atomic E-state index is 0.121. The lowest BCUT2D eigenvalue weighted by atomic mass is 10.1. The molecule has 19 heavy (non-hydrogen) atoms. The summed E-state index contributed by atoms with van der Waals surface area (Å²) in [5.41, 5.74) is 1.60. The number of benzene rings is 2. The van der Waals surface area contributed by atoms with E-state index in [1.165, 1.54) is 0 Å². The molecule has 0 aliphatic heterocycles. The van der Waals surface area contributed by atoms with E-state index in [0.29, 0.717) is 5.69 Å². The van der Waals surface area contributed by atoms with Gasteiger partial charge in [0.05, 0.1) is 6.42 Å². The Labute approximate surface area is 112 Å². The van der Waals surface area contributed by atoms with Crippen LogP contribution in [0.25, 0.3) is 0 Å². The van der Waals surface area contributed by atoms with Gasteiger partial charge in [0, 0.05) is 12.1 Å². The molecule has 0 saturated heterocycles. The minimum atomic E-state index is -1.16. The molecule has 2 aromatic carbocycles. The molecule has 2 aromatic rings. The summed E-state index contributed by atoms with van der Waals surface area (Å²) in [6.45, 7) is 0. The molecule has 1 atom stereocenters. The van der Waals surface area contributed by atoms with Crippen molar-refractivity contribution < 1.29 is 9.18 Å². The Morgan fingerprint density at radius 1 is 1.00 bits per heavy atom. The molecule has 0 saturated carbocycles. The molecule has 0 unspecified atom stereocenters. The molecule has 0 aliphatic carbocycles. The van der Waals surface area contributed by atoms with Gasteiger partial charge >= 0.3 is 0 Å². The fourth-order valence-electron chi connectivity index (χ4n) is 1.88. The van der Waals surface area contributed by atoms with Gasteiger partial charge in [-0.1, -0.05) is 48.5 Å². The van der Waals surface area contributed by atoms with Crippen molar-refractivity contribution in [3.05, 3.63) is 66.2 Å². The van der Waals surface area contributed by atoms with E-state index in [4.69, 9.17) is 0 Å². The van der Waals surface area contributed by atoms with Gasteiger partial charge in [-0.05, 0) is 17.7 Å². The average Bonchev–Trinajstić information content (AvgIpc) is 2.40. The predicted molar refractivity (Wildman–Crippen MR) is 74.7 cm³/mol. The van der Waals surface area contributed by atoms with Gasteiger partial charge in [0.15, 0.2) is 0 Å². The van der Waals surface area contributed by atoms with Gasteiger partial charge in [0.1, 0.15) is 6.17 Å². The normalized spacial score (nSPS) is 11.8. The summed E-state index contributed by atoms with van der Waals surface area (Å²) in [6.07, 6.45) is -1.02. The van der Waals surface area contributed by atoms with Crippen molar-refractivity contribution in [3.63, 3.8) is 0 Å². The van der Waals surface area contributed by atoms with E-state index in [-0.39, 0.29) is 18.7 Å². The fraction of sp³-hybridized carbons (Fsp3) is 0.188. The number of alkyl halides is 1. The van der Waals surface area contributed by atoms with Crippen LogP contribution in [-0.2, 0) is 11.2 Å². The molecule has 0 heterocycles. The molecule has 98 valence electrons. The van der Waals surface area contributed by atoms with Crippen LogP contribution >= 0.6 is 0 Å². The van der Waals surface area contributed by atoms with Crippen molar-refractivity contribution in [2.24, 2.45) is 0 Å². The van der Waals surface area contributed by atoms with E-state index in [9.17, 15) is 9.18 Å². The molecule has 0 bridgehead atoms. The van der Waals surface area contributed by atoms with Crippen molar-refractivity contribution in [2.45, 2.75) is 19.0 Å². The topological polar surface area (TPSA) is 29.1 Å². The van der Waals surface area contributed by atoms with E-state index in [1.54, 1.807) is 12.1 Å². The predicted octanol–water partition coefficient (Wildman–Crippen LogP) is 3.60.